The fraction of sp³-hybridized carbons (Fsp3) is 0.500. The van der Waals surface area contributed by atoms with E-state index >= 15 is 0 Å². The Morgan fingerprint density at radius 1 is 2.00 bits per heavy atom. The molecule has 3 heteroatoms. The summed E-state index contributed by atoms with van der Waals surface area (Å²) in [5.41, 5.74) is 0. The summed E-state index contributed by atoms with van der Waals surface area (Å²) in [7, 11) is 0. The Hall–Kier alpha value is 0.269. The Balaban J connectivity index is 2.85. The zero-order valence-corrected chi connectivity index (χ0v) is 5.71. The Bertz CT molecular complexity index is 42.9. The third-order valence-electron chi connectivity index (χ3n) is 0.214. The number of carboxylic acid groups (broad SMARTS) is 1. The molecule has 0 amide bonds. The van der Waals surface area contributed by atoms with E-state index in [1.54, 1.807) is 4.94 Å². The van der Waals surface area contributed by atoms with Crippen molar-refractivity contribution in [2.75, 3.05) is 0 Å². The molecule has 0 aliphatic carbocycles. The summed E-state index contributed by atoms with van der Waals surface area (Å²) in [6, 6.07) is 0. The summed E-state index contributed by atoms with van der Waals surface area (Å²) < 4.78 is -0.575. The molecule has 0 saturated carbocycles. The molecular formula is C2H4O2Sn. The van der Waals surface area contributed by atoms with E-state index < -0.39 is 25.1 Å². The molecule has 0 spiro atoms. The van der Waals surface area contributed by atoms with Crippen LogP contribution in [0.2, 0.25) is 4.94 Å². The molecule has 0 aromatic heterocycles. The molecule has 0 aliphatic rings. The van der Waals surface area contributed by atoms with E-state index in [0.717, 1.165) is 0 Å². The molecule has 2 nitrogen and oxygen atoms in total. The van der Waals surface area contributed by atoms with Crippen molar-refractivity contribution in [3.8, 4) is 0 Å². The summed E-state index contributed by atoms with van der Waals surface area (Å²) in [5, 5.41) is 7.80. The normalized spacial score (nSPS) is 7.40. The van der Waals surface area contributed by atoms with Crippen molar-refractivity contribution in [1.29, 1.82) is 0 Å². The molecule has 0 aliphatic heterocycles. The Labute approximate surface area is 40.4 Å². The maximum absolute atomic E-state index is 9.44. The molecule has 0 bridgehead atoms. The maximum atomic E-state index is 9.44. The third kappa shape index (κ3) is 4.27. The first-order valence-electron chi connectivity index (χ1n) is 1.18. The first-order valence-corrected chi connectivity index (χ1v) is 5.46. The van der Waals surface area contributed by atoms with Gasteiger partial charge in [-0.1, -0.05) is 0 Å². The van der Waals surface area contributed by atoms with Gasteiger partial charge in [0.15, 0.2) is 0 Å². The van der Waals surface area contributed by atoms with Crippen molar-refractivity contribution in [1.82, 2.24) is 0 Å². The van der Waals surface area contributed by atoms with Crippen LogP contribution in [0, 0.1) is 0 Å². The SMILES string of the molecule is [CH3][Sn][C](=O)O. The van der Waals surface area contributed by atoms with Crippen LogP contribution in [0.15, 0.2) is 0 Å². The van der Waals surface area contributed by atoms with Crippen LogP contribution in [0.4, 0.5) is 4.79 Å². The molecule has 0 aromatic rings. The topological polar surface area (TPSA) is 37.3 Å². The average molecular weight is 179 g/mol. The van der Waals surface area contributed by atoms with Gasteiger partial charge in [0.1, 0.15) is 0 Å². The van der Waals surface area contributed by atoms with Crippen molar-refractivity contribution in [2.24, 2.45) is 0 Å². The standard InChI is InChI=1S/CHO2.CH3.Sn/c2-1-3;;/h(H,2,3);1H3;. The number of hydrogen-bond acceptors (Lipinski definition) is 1. The van der Waals surface area contributed by atoms with Crippen LogP contribution >= 0.6 is 0 Å². The van der Waals surface area contributed by atoms with Gasteiger partial charge >= 0.3 is 40.0 Å². The van der Waals surface area contributed by atoms with Gasteiger partial charge < -0.3 is 0 Å². The Morgan fingerprint density at radius 2 is 2.20 bits per heavy atom. The summed E-state index contributed by atoms with van der Waals surface area (Å²) >= 11 is -0.949. The van der Waals surface area contributed by atoms with Gasteiger partial charge in [-0.2, -0.15) is 0 Å². The summed E-state index contributed by atoms with van der Waals surface area (Å²) in [5.74, 6) is 0. The van der Waals surface area contributed by atoms with E-state index in [1.807, 2.05) is 0 Å². The zero-order valence-electron chi connectivity index (χ0n) is 2.86. The monoisotopic (exact) mass is 180 g/mol. The van der Waals surface area contributed by atoms with Crippen molar-refractivity contribution >= 4 is 25.1 Å². The molecule has 0 fully saturated rings. The fourth-order valence-electron chi connectivity index (χ4n) is 0. The molecule has 0 rings (SSSR count). The Morgan fingerprint density at radius 3 is 2.20 bits per heavy atom. The van der Waals surface area contributed by atoms with Crippen LogP contribution in [0.3, 0.4) is 0 Å². The third-order valence-corrected chi connectivity index (χ3v) is 1.43. The van der Waals surface area contributed by atoms with Crippen molar-refractivity contribution in [3.63, 3.8) is 0 Å². The van der Waals surface area contributed by atoms with E-state index in [1.165, 1.54) is 0 Å². The quantitative estimate of drug-likeness (QED) is 0.591. The van der Waals surface area contributed by atoms with Crippen LogP contribution in [0.5, 0.6) is 0 Å². The summed E-state index contributed by atoms with van der Waals surface area (Å²) in [6.45, 7) is 0. The molecule has 0 unspecified atom stereocenters. The van der Waals surface area contributed by atoms with Crippen molar-refractivity contribution < 1.29 is 9.90 Å². The van der Waals surface area contributed by atoms with Gasteiger partial charge in [-0.25, -0.2) is 0 Å². The minimum atomic E-state index is -0.949. The van der Waals surface area contributed by atoms with Gasteiger partial charge in [-0.3, -0.25) is 0 Å². The van der Waals surface area contributed by atoms with Gasteiger partial charge in [-0.05, 0) is 0 Å². The predicted molar refractivity (Wildman–Crippen MR) is 19.6 cm³/mol. The first kappa shape index (κ1) is 5.27. The van der Waals surface area contributed by atoms with Gasteiger partial charge in [0.2, 0.25) is 0 Å². The van der Waals surface area contributed by atoms with Crippen LogP contribution in [-0.4, -0.2) is 30.2 Å². The van der Waals surface area contributed by atoms with Gasteiger partial charge in [0.25, 0.3) is 0 Å². The average Bonchev–Trinajstić information content (AvgIpc) is 1.38. The molecule has 28 valence electrons. The molecule has 5 heavy (non-hydrogen) atoms. The fourth-order valence-corrected chi connectivity index (χ4v) is 0. The van der Waals surface area contributed by atoms with Crippen molar-refractivity contribution in [3.05, 3.63) is 0 Å². The number of carbonyl (C=O) groups is 1. The van der Waals surface area contributed by atoms with Gasteiger partial charge in [-0.15, -0.1) is 0 Å². The Kier molecular flexibility index (Phi) is 2.64. The van der Waals surface area contributed by atoms with E-state index in [4.69, 9.17) is 5.11 Å². The van der Waals surface area contributed by atoms with Gasteiger partial charge in [0.05, 0.1) is 0 Å². The van der Waals surface area contributed by atoms with E-state index in [2.05, 4.69) is 0 Å². The van der Waals surface area contributed by atoms with Crippen LogP contribution in [0.1, 0.15) is 0 Å². The summed E-state index contributed by atoms with van der Waals surface area (Å²) in [4.78, 5) is 11.2. The van der Waals surface area contributed by atoms with Gasteiger partial charge in [0, 0.05) is 0 Å². The molecule has 2 radical (unpaired) electrons. The van der Waals surface area contributed by atoms with Crippen molar-refractivity contribution in [2.45, 2.75) is 4.94 Å². The van der Waals surface area contributed by atoms with Crippen LogP contribution < -0.4 is 0 Å². The molecule has 1 N–H and O–H groups in total. The molecular weight excluding hydrogens is 175 g/mol. The predicted octanol–water partition coefficient (Wildman–Crippen LogP) is 0.417. The first-order chi connectivity index (χ1) is 2.27. The van der Waals surface area contributed by atoms with E-state index in [9.17, 15) is 4.79 Å². The summed E-state index contributed by atoms with van der Waals surface area (Å²) in [6.07, 6.45) is 0. The van der Waals surface area contributed by atoms with Crippen LogP contribution in [0.25, 0.3) is 0 Å². The molecule has 0 heterocycles. The molecule has 0 saturated heterocycles. The van der Waals surface area contributed by atoms with Crippen LogP contribution in [-0.2, 0) is 0 Å². The zero-order chi connectivity index (χ0) is 4.28. The second-order valence-electron chi connectivity index (χ2n) is 0.555. The number of rotatable bonds is 1. The second kappa shape index (κ2) is 2.50. The minimum absolute atomic E-state index is 0.575. The number of hydrogen-bond donors (Lipinski definition) is 1. The second-order valence-corrected chi connectivity index (χ2v) is 3.20. The van der Waals surface area contributed by atoms with E-state index in [-0.39, 0.29) is 0 Å². The molecule has 0 aromatic carbocycles. The van der Waals surface area contributed by atoms with E-state index in [0.29, 0.717) is 0 Å². The molecule has 0 atom stereocenters.